The average molecular weight is 267 g/mol. The van der Waals surface area contributed by atoms with Crippen molar-refractivity contribution in [3.63, 3.8) is 0 Å². The van der Waals surface area contributed by atoms with Gasteiger partial charge in [0.05, 0.1) is 5.69 Å². The lowest BCUT2D eigenvalue weighted by Crippen LogP contribution is -2.52. The van der Waals surface area contributed by atoms with Crippen LogP contribution < -0.4 is 10.2 Å². The van der Waals surface area contributed by atoms with Gasteiger partial charge in [-0.15, -0.1) is 0 Å². The highest BCUT2D eigenvalue weighted by Gasteiger charge is 2.43. The second kappa shape index (κ2) is 4.42. The van der Waals surface area contributed by atoms with Crippen molar-refractivity contribution in [3.05, 3.63) is 11.8 Å². The molecule has 2 fully saturated rings. The van der Waals surface area contributed by atoms with E-state index in [0.29, 0.717) is 11.8 Å². The third-order valence-electron chi connectivity index (χ3n) is 4.05. The number of nitrogens with zero attached hydrogens (tertiary/aromatic N) is 2. The predicted octanol–water partition coefficient (Wildman–Crippen LogP) is 1.93. The third kappa shape index (κ3) is 2.05. The minimum absolute atomic E-state index is 0.146. The molecule has 2 bridgehead atoms. The van der Waals surface area contributed by atoms with Gasteiger partial charge in [0.25, 0.3) is 0 Å². The smallest absolute Gasteiger partial charge is 0.404 e. The van der Waals surface area contributed by atoms with Crippen LogP contribution in [0.2, 0.25) is 0 Å². The Morgan fingerprint density at radius 2 is 2.17 bits per heavy atom. The zero-order valence-corrected chi connectivity index (χ0v) is 11.1. The minimum atomic E-state index is -0.890. The molecule has 3 atom stereocenters. The molecule has 0 aromatic carbocycles. The maximum atomic E-state index is 10.8. The maximum Gasteiger partial charge on any atom is 0.404 e. The van der Waals surface area contributed by atoms with E-state index in [4.69, 9.17) is 5.11 Å². The number of piperidine rings is 1. The van der Waals surface area contributed by atoms with E-state index < -0.39 is 6.09 Å². The van der Waals surface area contributed by atoms with Crippen LogP contribution in [0.4, 0.5) is 9.80 Å². The summed E-state index contributed by atoms with van der Waals surface area (Å²) in [6, 6.07) is 2.27. The van der Waals surface area contributed by atoms with E-state index in [1.807, 2.05) is 6.92 Å². The Morgan fingerprint density at radius 1 is 1.50 bits per heavy atom. The van der Waals surface area contributed by atoms with Crippen molar-refractivity contribution >= 4 is 22.6 Å². The van der Waals surface area contributed by atoms with Crippen molar-refractivity contribution in [1.82, 2.24) is 9.69 Å². The molecule has 1 saturated heterocycles. The SMILES string of the molecule is Cc1cc(N2C[C@H]3CC[C@@H](C2)[C@@H]3NC(=O)O)sn1. The minimum Gasteiger partial charge on any atom is -0.465 e. The number of fused-ring (bicyclic) bond motifs is 2. The molecule has 0 spiro atoms. The molecular weight excluding hydrogens is 250 g/mol. The van der Waals surface area contributed by atoms with Crippen LogP contribution in [0.5, 0.6) is 0 Å². The molecule has 1 saturated carbocycles. The molecule has 6 heteroatoms. The summed E-state index contributed by atoms with van der Waals surface area (Å²) >= 11 is 1.54. The first-order valence-electron chi connectivity index (χ1n) is 6.31. The van der Waals surface area contributed by atoms with E-state index in [1.165, 1.54) is 5.00 Å². The Labute approximate surface area is 110 Å². The van der Waals surface area contributed by atoms with Crippen molar-refractivity contribution in [1.29, 1.82) is 0 Å². The zero-order chi connectivity index (χ0) is 12.7. The molecule has 3 rings (SSSR count). The maximum absolute atomic E-state index is 10.8. The van der Waals surface area contributed by atoms with Crippen LogP contribution in [-0.2, 0) is 0 Å². The van der Waals surface area contributed by atoms with Crippen LogP contribution in [0, 0.1) is 18.8 Å². The van der Waals surface area contributed by atoms with Gasteiger partial charge in [-0.1, -0.05) is 0 Å². The molecule has 1 aliphatic carbocycles. The number of rotatable bonds is 2. The molecule has 2 aliphatic rings. The van der Waals surface area contributed by atoms with Gasteiger partial charge in [0.1, 0.15) is 5.00 Å². The van der Waals surface area contributed by atoms with Crippen LogP contribution in [0.15, 0.2) is 6.07 Å². The van der Waals surface area contributed by atoms with Crippen LogP contribution >= 0.6 is 11.5 Å². The number of aromatic nitrogens is 1. The molecule has 5 nitrogen and oxygen atoms in total. The van der Waals surface area contributed by atoms with E-state index in [9.17, 15) is 4.79 Å². The van der Waals surface area contributed by atoms with E-state index in [-0.39, 0.29) is 6.04 Å². The van der Waals surface area contributed by atoms with Crippen LogP contribution in [0.25, 0.3) is 0 Å². The van der Waals surface area contributed by atoms with E-state index in [1.54, 1.807) is 11.5 Å². The lowest BCUT2D eigenvalue weighted by Gasteiger charge is -2.38. The quantitative estimate of drug-likeness (QED) is 0.859. The standard InChI is InChI=1S/C12H17N3O2S/c1-7-4-10(18-14-7)15-5-8-2-3-9(6-15)11(8)13-12(16)17/h4,8-9,11,13H,2-3,5-6H2,1H3,(H,16,17)/t8-,9+,11-. The molecule has 2 N–H and O–H groups in total. The van der Waals surface area contributed by atoms with Gasteiger partial charge < -0.3 is 15.3 Å². The Balaban J connectivity index is 1.73. The molecule has 0 radical (unpaired) electrons. The second-order valence-electron chi connectivity index (χ2n) is 5.28. The highest BCUT2D eigenvalue weighted by Crippen LogP contribution is 2.39. The summed E-state index contributed by atoms with van der Waals surface area (Å²) < 4.78 is 4.32. The number of amides is 1. The molecular formula is C12H17N3O2S. The van der Waals surface area contributed by atoms with Gasteiger partial charge >= 0.3 is 6.09 Å². The van der Waals surface area contributed by atoms with Gasteiger partial charge in [-0.3, -0.25) is 0 Å². The van der Waals surface area contributed by atoms with Crippen LogP contribution in [0.1, 0.15) is 18.5 Å². The van der Waals surface area contributed by atoms with E-state index in [0.717, 1.165) is 31.6 Å². The number of aryl methyl sites for hydroxylation is 1. The van der Waals surface area contributed by atoms with Gasteiger partial charge in [0.2, 0.25) is 0 Å². The van der Waals surface area contributed by atoms with Crippen molar-refractivity contribution in [2.24, 2.45) is 11.8 Å². The third-order valence-corrected chi connectivity index (χ3v) is 4.99. The van der Waals surface area contributed by atoms with Crippen molar-refractivity contribution < 1.29 is 9.90 Å². The van der Waals surface area contributed by atoms with Crippen molar-refractivity contribution in [2.75, 3.05) is 18.0 Å². The average Bonchev–Trinajstić information content (AvgIpc) is 2.81. The summed E-state index contributed by atoms with van der Waals surface area (Å²) in [5.41, 5.74) is 1.06. The summed E-state index contributed by atoms with van der Waals surface area (Å²) in [6.07, 6.45) is 1.37. The summed E-state index contributed by atoms with van der Waals surface area (Å²) in [5, 5.41) is 12.8. The fourth-order valence-corrected chi connectivity index (χ4v) is 4.06. The van der Waals surface area contributed by atoms with Crippen molar-refractivity contribution in [2.45, 2.75) is 25.8 Å². The van der Waals surface area contributed by atoms with E-state index in [2.05, 4.69) is 20.7 Å². The molecule has 0 unspecified atom stereocenters. The topological polar surface area (TPSA) is 65.5 Å². The second-order valence-corrected chi connectivity index (χ2v) is 6.07. The molecule has 1 aliphatic heterocycles. The molecule has 1 aromatic rings. The zero-order valence-electron chi connectivity index (χ0n) is 10.3. The lowest BCUT2D eigenvalue weighted by molar-refractivity contribution is 0.178. The summed E-state index contributed by atoms with van der Waals surface area (Å²) in [6.45, 7) is 3.90. The Hall–Kier alpha value is -1.30. The highest BCUT2D eigenvalue weighted by molar-refractivity contribution is 7.10. The molecule has 98 valence electrons. The summed E-state index contributed by atoms with van der Waals surface area (Å²) in [5.74, 6) is 0.893. The number of hydrogen-bond donors (Lipinski definition) is 2. The first kappa shape index (κ1) is 11.8. The number of anilines is 1. The Bertz CT molecular complexity index is 448. The fraction of sp³-hybridized carbons (Fsp3) is 0.667. The first-order chi connectivity index (χ1) is 8.63. The Kier molecular flexibility index (Phi) is 2.89. The number of carboxylic acid groups (broad SMARTS) is 1. The summed E-state index contributed by atoms with van der Waals surface area (Å²) in [4.78, 5) is 13.2. The van der Waals surface area contributed by atoms with Gasteiger partial charge in [-0.25, -0.2) is 4.79 Å². The van der Waals surface area contributed by atoms with Gasteiger partial charge in [-0.05, 0) is 49.2 Å². The van der Waals surface area contributed by atoms with Crippen LogP contribution in [-0.4, -0.2) is 34.7 Å². The van der Waals surface area contributed by atoms with Gasteiger partial charge in [-0.2, -0.15) is 4.37 Å². The van der Waals surface area contributed by atoms with Gasteiger partial charge in [0.15, 0.2) is 0 Å². The summed E-state index contributed by atoms with van der Waals surface area (Å²) in [7, 11) is 0. The predicted molar refractivity (Wildman–Crippen MR) is 70.2 cm³/mol. The van der Waals surface area contributed by atoms with Crippen molar-refractivity contribution in [3.8, 4) is 0 Å². The number of nitrogens with one attached hydrogen (secondary N) is 1. The lowest BCUT2D eigenvalue weighted by atomic mass is 9.92. The number of hydrogen-bond acceptors (Lipinski definition) is 4. The molecule has 18 heavy (non-hydrogen) atoms. The first-order valence-corrected chi connectivity index (χ1v) is 7.08. The Morgan fingerprint density at radius 3 is 2.67 bits per heavy atom. The van der Waals surface area contributed by atoms with E-state index >= 15 is 0 Å². The highest BCUT2D eigenvalue weighted by atomic mass is 32.1. The normalized spacial score (nSPS) is 30.5. The van der Waals surface area contributed by atoms with Gasteiger partial charge in [0, 0.05) is 19.1 Å². The number of carbonyl (C=O) groups is 1. The fourth-order valence-electron chi connectivity index (χ4n) is 3.28. The molecule has 1 aromatic heterocycles. The van der Waals surface area contributed by atoms with Crippen LogP contribution in [0.3, 0.4) is 0 Å². The largest absolute Gasteiger partial charge is 0.465 e. The monoisotopic (exact) mass is 267 g/mol. The molecule has 2 heterocycles. The molecule has 1 amide bonds.